The summed E-state index contributed by atoms with van der Waals surface area (Å²) in [7, 11) is 0. The maximum Gasteiger partial charge on any atom is 0.224 e. The fourth-order valence-electron chi connectivity index (χ4n) is 4.46. The Morgan fingerprint density at radius 1 is 1.00 bits per heavy atom. The molecule has 1 fully saturated rings. The van der Waals surface area contributed by atoms with E-state index in [1.165, 1.54) is 11.1 Å². The van der Waals surface area contributed by atoms with Crippen LogP contribution in [0.3, 0.4) is 0 Å². The van der Waals surface area contributed by atoms with Gasteiger partial charge in [-0.3, -0.25) is 14.7 Å². The Bertz CT molecular complexity index is 993. The Morgan fingerprint density at radius 2 is 1.73 bits per heavy atom. The summed E-state index contributed by atoms with van der Waals surface area (Å²) in [5.41, 5.74) is 3.48. The first-order valence-corrected chi connectivity index (χ1v) is 11.8. The van der Waals surface area contributed by atoms with Crippen LogP contribution in [0.1, 0.15) is 23.2 Å². The first-order valence-electron chi connectivity index (χ1n) is 11.8. The van der Waals surface area contributed by atoms with Crippen LogP contribution in [0.5, 0.6) is 5.75 Å². The molecule has 5 nitrogen and oxygen atoms in total. The smallest absolute Gasteiger partial charge is 0.224 e. The summed E-state index contributed by atoms with van der Waals surface area (Å²) in [6.45, 7) is 5.75. The number of hydrogen-bond acceptors (Lipinski definition) is 4. The molecule has 172 valence electrons. The number of nitrogens with zero attached hydrogens (tertiary/aromatic N) is 2. The fourth-order valence-corrected chi connectivity index (χ4v) is 4.46. The first kappa shape index (κ1) is 23.0. The van der Waals surface area contributed by atoms with E-state index in [4.69, 9.17) is 4.74 Å². The maximum atomic E-state index is 13.1. The van der Waals surface area contributed by atoms with E-state index in [1.807, 2.05) is 43.3 Å². The molecular weight excluding hydrogens is 410 g/mol. The third-order valence-electron chi connectivity index (χ3n) is 6.16. The van der Waals surface area contributed by atoms with Gasteiger partial charge in [-0.25, -0.2) is 0 Å². The molecule has 2 atom stereocenters. The van der Waals surface area contributed by atoms with Gasteiger partial charge in [0.05, 0.1) is 18.7 Å². The Balaban J connectivity index is 1.36. The summed E-state index contributed by atoms with van der Waals surface area (Å²) < 4.78 is 6.05. The molecule has 1 aromatic heterocycles. The zero-order valence-electron chi connectivity index (χ0n) is 19.3. The van der Waals surface area contributed by atoms with Crippen molar-refractivity contribution in [2.24, 2.45) is 11.8 Å². The van der Waals surface area contributed by atoms with Gasteiger partial charge in [0.15, 0.2) is 0 Å². The van der Waals surface area contributed by atoms with Crippen molar-refractivity contribution >= 4 is 5.91 Å². The fraction of sp³-hybridized carbons (Fsp3) is 0.357. The molecule has 0 spiro atoms. The largest absolute Gasteiger partial charge is 0.492 e. The highest BCUT2D eigenvalue weighted by Gasteiger charge is 2.32. The quantitative estimate of drug-likeness (QED) is 0.537. The number of carbonyl (C=O) groups is 1. The number of carbonyl (C=O) groups excluding carboxylic acids is 1. The van der Waals surface area contributed by atoms with Crippen molar-refractivity contribution in [3.8, 4) is 5.75 Å². The van der Waals surface area contributed by atoms with E-state index < -0.39 is 0 Å². The number of ether oxygens (including phenoxy) is 1. The molecule has 3 aromatic rings. The van der Waals surface area contributed by atoms with Crippen molar-refractivity contribution in [3.63, 3.8) is 0 Å². The number of aryl methyl sites for hydroxylation is 1. The molecular formula is C28H33N3O2. The van der Waals surface area contributed by atoms with E-state index in [-0.39, 0.29) is 17.7 Å². The number of nitrogens with one attached hydrogen (secondary N) is 1. The maximum absolute atomic E-state index is 13.1. The molecule has 33 heavy (non-hydrogen) atoms. The third-order valence-corrected chi connectivity index (χ3v) is 6.16. The van der Waals surface area contributed by atoms with Gasteiger partial charge in [-0.05, 0) is 43.0 Å². The summed E-state index contributed by atoms with van der Waals surface area (Å²) in [6, 6.07) is 24.7. The number of pyridine rings is 1. The molecule has 0 aliphatic carbocycles. The average molecular weight is 444 g/mol. The van der Waals surface area contributed by atoms with Crippen LogP contribution in [0.2, 0.25) is 0 Å². The van der Waals surface area contributed by atoms with Gasteiger partial charge in [-0.1, -0.05) is 60.7 Å². The van der Waals surface area contributed by atoms with Crippen molar-refractivity contribution in [3.05, 3.63) is 95.8 Å². The van der Waals surface area contributed by atoms with Gasteiger partial charge in [0, 0.05) is 37.8 Å². The summed E-state index contributed by atoms with van der Waals surface area (Å²) in [4.78, 5) is 19.8. The lowest BCUT2D eigenvalue weighted by molar-refractivity contribution is -0.127. The summed E-state index contributed by atoms with van der Waals surface area (Å²) in [6.07, 6.45) is 3.45. The number of aromatic nitrogens is 1. The molecule has 5 heteroatoms. The third kappa shape index (κ3) is 7.16. The monoisotopic (exact) mass is 443 g/mol. The predicted octanol–water partition coefficient (Wildman–Crippen LogP) is 4.27. The standard InChI is InChI=1S/C28H33N3O2/c1-22-12-13-27(17-30-22)33-21-25-16-26(20-31(19-25)18-24-10-6-3-7-11-24)28(32)29-15-14-23-8-4-2-5-9-23/h2-13,17,25-26H,14-16,18-21H2,1H3,(H,29,32)/t25-,26+/m0/s1. The Morgan fingerprint density at radius 3 is 2.42 bits per heavy atom. The van der Waals surface area contributed by atoms with Gasteiger partial charge in [0.2, 0.25) is 5.91 Å². The molecule has 0 bridgehead atoms. The Hall–Kier alpha value is -3.18. The van der Waals surface area contributed by atoms with Crippen molar-refractivity contribution < 1.29 is 9.53 Å². The molecule has 0 unspecified atom stereocenters. The lowest BCUT2D eigenvalue weighted by atomic mass is 9.88. The van der Waals surface area contributed by atoms with E-state index in [1.54, 1.807) is 6.20 Å². The molecule has 1 saturated heterocycles. The highest BCUT2D eigenvalue weighted by molar-refractivity contribution is 5.79. The topological polar surface area (TPSA) is 54.5 Å². The molecule has 2 heterocycles. The van der Waals surface area contributed by atoms with Gasteiger partial charge in [-0.2, -0.15) is 0 Å². The van der Waals surface area contributed by atoms with E-state index >= 15 is 0 Å². The van der Waals surface area contributed by atoms with Crippen LogP contribution >= 0.6 is 0 Å². The van der Waals surface area contributed by atoms with Crippen LogP contribution in [0.4, 0.5) is 0 Å². The van der Waals surface area contributed by atoms with Crippen molar-refractivity contribution in [2.45, 2.75) is 26.3 Å². The molecule has 4 rings (SSSR count). The Kier molecular flexibility index (Phi) is 8.09. The second-order valence-electron chi connectivity index (χ2n) is 8.95. The van der Waals surface area contributed by atoms with Gasteiger partial charge in [-0.15, -0.1) is 0 Å². The highest BCUT2D eigenvalue weighted by Crippen LogP contribution is 2.25. The number of rotatable bonds is 9. The van der Waals surface area contributed by atoms with E-state index in [0.29, 0.717) is 13.2 Å². The zero-order valence-corrected chi connectivity index (χ0v) is 19.3. The van der Waals surface area contributed by atoms with E-state index in [9.17, 15) is 4.79 Å². The number of hydrogen-bond donors (Lipinski definition) is 1. The molecule has 1 N–H and O–H groups in total. The second kappa shape index (κ2) is 11.6. The summed E-state index contributed by atoms with van der Waals surface area (Å²) in [5, 5.41) is 3.17. The summed E-state index contributed by atoms with van der Waals surface area (Å²) in [5.74, 6) is 1.17. The van der Waals surface area contributed by atoms with Crippen LogP contribution in [-0.4, -0.2) is 42.0 Å². The first-order chi connectivity index (χ1) is 16.2. The molecule has 0 saturated carbocycles. The van der Waals surface area contributed by atoms with Crippen molar-refractivity contribution in [1.82, 2.24) is 15.2 Å². The minimum Gasteiger partial charge on any atom is -0.492 e. The lowest BCUT2D eigenvalue weighted by Gasteiger charge is -2.37. The molecule has 2 aromatic carbocycles. The predicted molar refractivity (Wildman–Crippen MR) is 131 cm³/mol. The van der Waals surface area contributed by atoms with Crippen LogP contribution in [0.25, 0.3) is 0 Å². The molecule has 1 aliphatic heterocycles. The minimum absolute atomic E-state index is 0.0389. The van der Waals surface area contributed by atoms with Crippen LogP contribution in [0.15, 0.2) is 79.0 Å². The number of benzene rings is 2. The SMILES string of the molecule is Cc1ccc(OC[C@H]2C[C@@H](C(=O)NCCc3ccccc3)CN(Cc3ccccc3)C2)cn1. The lowest BCUT2D eigenvalue weighted by Crippen LogP contribution is -2.47. The highest BCUT2D eigenvalue weighted by atomic mass is 16.5. The van der Waals surface area contributed by atoms with E-state index in [2.05, 4.69) is 51.6 Å². The zero-order chi connectivity index (χ0) is 22.9. The average Bonchev–Trinajstić information content (AvgIpc) is 2.85. The normalized spacial score (nSPS) is 18.6. The van der Waals surface area contributed by atoms with Crippen molar-refractivity contribution in [1.29, 1.82) is 0 Å². The molecule has 0 radical (unpaired) electrons. The Labute approximate surface area is 196 Å². The number of piperidine rings is 1. The number of amides is 1. The van der Waals surface area contributed by atoms with Gasteiger partial charge >= 0.3 is 0 Å². The minimum atomic E-state index is -0.0389. The van der Waals surface area contributed by atoms with Crippen LogP contribution < -0.4 is 10.1 Å². The molecule has 1 aliphatic rings. The van der Waals surface area contributed by atoms with Crippen LogP contribution in [-0.2, 0) is 17.8 Å². The van der Waals surface area contributed by atoms with Gasteiger partial charge < -0.3 is 10.1 Å². The molecule has 1 amide bonds. The van der Waals surface area contributed by atoms with Crippen LogP contribution in [0, 0.1) is 18.8 Å². The summed E-state index contributed by atoms with van der Waals surface area (Å²) >= 11 is 0. The van der Waals surface area contributed by atoms with Crippen molar-refractivity contribution in [2.75, 3.05) is 26.2 Å². The second-order valence-corrected chi connectivity index (χ2v) is 8.95. The van der Waals surface area contributed by atoms with E-state index in [0.717, 1.165) is 43.9 Å². The van der Waals surface area contributed by atoms with Gasteiger partial charge in [0.1, 0.15) is 5.75 Å². The number of likely N-dealkylation sites (tertiary alicyclic amines) is 1. The van der Waals surface area contributed by atoms with Gasteiger partial charge in [0.25, 0.3) is 0 Å².